The second kappa shape index (κ2) is 5.61. The van der Waals surface area contributed by atoms with E-state index in [0.29, 0.717) is 12.1 Å². The van der Waals surface area contributed by atoms with Crippen LogP contribution in [0.5, 0.6) is 0 Å². The lowest BCUT2D eigenvalue weighted by Crippen LogP contribution is -2.39. The number of hydrogen-bond acceptors (Lipinski definition) is 3. The van der Waals surface area contributed by atoms with E-state index in [1.165, 1.54) is 0 Å². The van der Waals surface area contributed by atoms with Crippen LogP contribution in [0, 0.1) is 0 Å². The van der Waals surface area contributed by atoms with Gasteiger partial charge in [-0.15, -0.1) is 0 Å². The molecule has 0 aliphatic heterocycles. The molecular weight excluding hydrogens is 236 g/mol. The minimum absolute atomic E-state index is 0.561. The van der Waals surface area contributed by atoms with Gasteiger partial charge in [0.2, 0.25) is 0 Å². The van der Waals surface area contributed by atoms with Crippen LogP contribution >= 0.6 is 0 Å². The number of imidazole rings is 1. The van der Waals surface area contributed by atoms with Crippen molar-refractivity contribution in [2.45, 2.75) is 46.3 Å². The summed E-state index contributed by atoms with van der Waals surface area (Å²) in [6.45, 7) is 11.0. The standard InChI is InChI=1S/C15H24N4/c1-11(2)19(12(3)4)8-7-18-10-17-14-9-13(16)5-6-15(14)18/h5-6,9-12H,7-8,16H2,1-4H3. The van der Waals surface area contributed by atoms with Gasteiger partial charge >= 0.3 is 0 Å². The maximum absolute atomic E-state index is 5.78. The third kappa shape index (κ3) is 3.07. The molecule has 2 N–H and O–H groups in total. The summed E-state index contributed by atoms with van der Waals surface area (Å²) in [6, 6.07) is 7.03. The van der Waals surface area contributed by atoms with Crippen LogP contribution in [0.1, 0.15) is 27.7 Å². The Bertz CT molecular complexity index is 534. The Labute approximate surface area is 115 Å². The van der Waals surface area contributed by atoms with Crippen molar-refractivity contribution < 1.29 is 0 Å². The van der Waals surface area contributed by atoms with E-state index in [-0.39, 0.29) is 0 Å². The molecular formula is C15H24N4. The topological polar surface area (TPSA) is 47.1 Å². The molecule has 2 aromatic rings. The van der Waals surface area contributed by atoms with Gasteiger partial charge in [-0.2, -0.15) is 0 Å². The lowest BCUT2D eigenvalue weighted by molar-refractivity contribution is 0.169. The molecule has 0 aliphatic rings. The van der Waals surface area contributed by atoms with Crippen molar-refractivity contribution in [3.05, 3.63) is 24.5 Å². The van der Waals surface area contributed by atoms with Crippen molar-refractivity contribution in [2.75, 3.05) is 12.3 Å². The highest BCUT2D eigenvalue weighted by molar-refractivity contribution is 5.78. The van der Waals surface area contributed by atoms with E-state index < -0.39 is 0 Å². The molecule has 0 amide bonds. The molecule has 0 saturated heterocycles. The Morgan fingerprint density at radius 3 is 2.53 bits per heavy atom. The van der Waals surface area contributed by atoms with E-state index in [1.807, 2.05) is 24.5 Å². The quantitative estimate of drug-likeness (QED) is 0.841. The Hall–Kier alpha value is -1.55. The Morgan fingerprint density at radius 2 is 1.89 bits per heavy atom. The van der Waals surface area contributed by atoms with Gasteiger partial charge in [0, 0.05) is 30.9 Å². The summed E-state index contributed by atoms with van der Waals surface area (Å²) in [7, 11) is 0. The molecule has 0 fully saturated rings. The van der Waals surface area contributed by atoms with Crippen LogP contribution in [-0.4, -0.2) is 33.1 Å². The van der Waals surface area contributed by atoms with Crippen LogP contribution in [0.2, 0.25) is 0 Å². The number of aromatic nitrogens is 2. The molecule has 1 aromatic heterocycles. The van der Waals surface area contributed by atoms with Gasteiger partial charge in [-0.05, 0) is 45.9 Å². The summed E-state index contributed by atoms with van der Waals surface area (Å²) < 4.78 is 2.20. The number of benzene rings is 1. The van der Waals surface area contributed by atoms with Crippen molar-refractivity contribution in [2.24, 2.45) is 0 Å². The predicted molar refractivity (Wildman–Crippen MR) is 81.1 cm³/mol. The predicted octanol–water partition coefficient (Wildman–Crippen LogP) is 2.74. The highest BCUT2D eigenvalue weighted by atomic mass is 15.2. The van der Waals surface area contributed by atoms with Gasteiger partial charge in [-0.3, -0.25) is 4.90 Å². The third-order valence-electron chi connectivity index (χ3n) is 3.57. The molecule has 0 spiro atoms. The summed E-state index contributed by atoms with van der Waals surface area (Å²) in [5, 5.41) is 0. The summed E-state index contributed by atoms with van der Waals surface area (Å²) in [5.74, 6) is 0. The van der Waals surface area contributed by atoms with E-state index in [0.717, 1.165) is 29.8 Å². The van der Waals surface area contributed by atoms with Crippen LogP contribution in [-0.2, 0) is 6.54 Å². The zero-order chi connectivity index (χ0) is 14.0. The maximum atomic E-state index is 5.78. The fourth-order valence-corrected chi connectivity index (χ4v) is 2.59. The van der Waals surface area contributed by atoms with Gasteiger partial charge in [0.05, 0.1) is 17.4 Å². The largest absolute Gasteiger partial charge is 0.399 e. The molecule has 0 unspecified atom stereocenters. The smallest absolute Gasteiger partial charge is 0.0958 e. The summed E-state index contributed by atoms with van der Waals surface area (Å²) >= 11 is 0. The van der Waals surface area contributed by atoms with E-state index >= 15 is 0 Å². The third-order valence-corrected chi connectivity index (χ3v) is 3.57. The second-order valence-electron chi connectivity index (χ2n) is 5.61. The van der Waals surface area contributed by atoms with Crippen LogP contribution in [0.15, 0.2) is 24.5 Å². The average molecular weight is 260 g/mol. The molecule has 2 rings (SSSR count). The van der Waals surface area contributed by atoms with Gasteiger partial charge in [0.25, 0.3) is 0 Å². The molecule has 1 aromatic carbocycles. The number of nitrogens with zero attached hydrogens (tertiary/aromatic N) is 3. The van der Waals surface area contributed by atoms with Crippen LogP contribution in [0.25, 0.3) is 11.0 Å². The summed E-state index contributed by atoms with van der Waals surface area (Å²) in [5.41, 5.74) is 8.67. The van der Waals surface area contributed by atoms with Crippen LogP contribution in [0.4, 0.5) is 5.69 Å². The minimum atomic E-state index is 0.561. The van der Waals surface area contributed by atoms with Gasteiger partial charge in [-0.25, -0.2) is 4.98 Å². The first-order valence-electron chi connectivity index (χ1n) is 6.95. The monoisotopic (exact) mass is 260 g/mol. The Balaban J connectivity index is 2.13. The Morgan fingerprint density at radius 1 is 1.21 bits per heavy atom. The van der Waals surface area contributed by atoms with Crippen molar-refractivity contribution >= 4 is 16.7 Å². The lowest BCUT2D eigenvalue weighted by atomic mass is 10.2. The number of anilines is 1. The number of hydrogen-bond donors (Lipinski definition) is 1. The highest BCUT2D eigenvalue weighted by Crippen LogP contribution is 2.16. The van der Waals surface area contributed by atoms with Gasteiger partial charge in [0.1, 0.15) is 0 Å². The van der Waals surface area contributed by atoms with E-state index in [2.05, 4.69) is 42.1 Å². The molecule has 0 aliphatic carbocycles. The molecule has 0 radical (unpaired) electrons. The van der Waals surface area contributed by atoms with Crippen molar-refractivity contribution in [3.63, 3.8) is 0 Å². The highest BCUT2D eigenvalue weighted by Gasteiger charge is 2.13. The molecule has 19 heavy (non-hydrogen) atoms. The molecule has 104 valence electrons. The van der Waals surface area contributed by atoms with E-state index in [9.17, 15) is 0 Å². The fourth-order valence-electron chi connectivity index (χ4n) is 2.59. The van der Waals surface area contributed by atoms with Crippen molar-refractivity contribution in [1.82, 2.24) is 14.5 Å². The van der Waals surface area contributed by atoms with E-state index in [4.69, 9.17) is 5.73 Å². The average Bonchev–Trinajstić information content (AvgIpc) is 2.71. The zero-order valence-electron chi connectivity index (χ0n) is 12.3. The first kappa shape index (κ1) is 13.9. The van der Waals surface area contributed by atoms with Gasteiger partial charge < -0.3 is 10.3 Å². The van der Waals surface area contributed by atoms with Crippen LogP contribution < -0.4 is 5.73 Å². The maximum Gasteiger partial charge on any atom is 0.0958 e. The number of fused-ring (bicyclic) bond motifs is 1. The number of nitrogen functional groups attached to an aromatic ring is 1. The number of rotatable bonds is 5. The normalized spacial score (nSPS) is 12.2. The minimum Gasteiger partial charge on any atom is -0.399 e. The molecule has 1 heterocycles. The Kier molecular flexibility index (Phi) is 4.10. The molecule has 0 bridgehead atoms. The molecule has 0 saturated carbocycles. The first-order valence-corrected chi connectivity index (χ1v) is 6.95. The second-order valence-corrected chi connectivity index (χ2v) is 5.61. The molecule has 0 atom stereocenters. The molecule has 4 nitrogen and oxygen atoms in total. The first-order chi connectivity index (χ1) is 8.99. The van der Waals surface area contributed by atoms with Crippen molar-refractivity contribution in [1.29, 1.82) is 0 Å². The lowest BCUT2D eigenvalue weighted by Gasteiger charge is -2.30. The van der Waals surface area contributed by atoms with Gasteiger partial charge in [-0.1, -0.05) is 0 Å². The summed E-state index contributed by atoms with van der Waals surface area (Å²) in [6.07, 6.45) is 1.91. The SMILES string of the molecule is CC(C)N(CCn1cnc2cc(N)ccc21)C(C)C. The van der Waals surface area contributed by atoms with Crippen molar-refractivity contribution in [3.8, 4) is 0 Å². The summed E-state index contributed by atoms with van der Waals surface area (Å²) in [4.78, 5) is 6.90. The van der Waals surface area contributed by atoms with Gasteiger partial charge in [0.15, 0.2) is 0 Å². The van der Waals surface area contributed by atoms with E-state index in [1.54, 1.807) is 0 Å². The zero-order valence-corrected chi connectivity index (χ0v) is 12.3. The molecule has 4 heteroatoms. The van der Waals surface area contributed by atoms with Crippen LogP contribution in [0.3, 0.4) is 0 Å². The number of nitrogens with two attached hydrogens (primary N) is 1. The fraction of sp³-hybridized carbons (Fsp3) is 0.533.